The second-order valence-electron chi connectivity index (χ2n) is 10.2. The predicted octanol–water partition coefficient (Wildman–Crippen LogP) is 6.35. The van der Waals surface area contributed by atoms with E-state index in [-0.39, 0.29) is 6.61 Å². The summed E-state index contributed by atoms with van der Waals surface area (Å²) in [5.41, 5.74) is 5.15. The average molecular weight is 468 g/mol. The number of aliphatic hydroxyl groups is 1. The van der Waals surface area contributed by atoms with Gasteiger partial charge in [-0.3, -0.25) is 0 Å². The highest BCUT2D eigenvalue weighted by Gasteiger charge is 2.39. The van der Waals surface area contributed by atoms with E-state index < -0.39 is 0 Å². The van der Waals surface area contributed by atoms with Crippen molar-refractivity contribution in [3.05, 3.63) is 53.1 Å². The third-order valence-electron chi connectivity index (χ3n) is 7.41. The molecule has 2 fully saturated rings. The smallest absolute Gasteiger partial charge is 0.124 e. The predicted molar refractivity (Wildman–Crippen MR) is 135 cm³/mol. The first-order valence-electron chi connectivity index (χ1n) is 12.7. The van der Waals surface area contributed by atoms with Crippen molar-refractivity contribution in [2.75, 3.05) is 24.1 Å². The summed E-state index contributed by atoms with van der Waals surface area (Å²) < 4.78 is 14.2. The first-order chi connectivity index (χ1) is 16.1. The summed E-state index contributed by atoms with van der Waals surface area (Å²) in [7, 11) is 0. The molecule has 1 unspecified atom stereocenters. The van der Waals surface area contributed by atoms with E-state index >= 15 is 0 Å². The van der Waals surface area contributed by atoms with Crippen LogP contribution in [-0.4, -0.2) is 31.0 Å². The Kier molecular flexibility index (Phi) is 7.19. The van der Waals surface area contributed by atoms with Gasteiger partial charge in [0.05, 0.1) is 18.9 Å². The van der Waals surface area contributed by atoms with Gasteiger partial charge >= 0.3 is 0 Å². The van der Waals surface area contributed by atoms with Crippen molar-refractivity contribution < 1.29 is 14.6 Å². The van der Waals surface area contributed by atoms with E-state index in [1.807, 2.05) is 18.0 Å². The van der Waals surface area contributed by atoms with Crippen LogP contribution < -0.4 is 9.04 Å². The van der Waals surface area contributed by atoms with E-state index in [4.69, 9.17) is 9.47 Å². The largest absolute Gasteiger partial charge is 0.493 e. The Hall–Kier alpha value is -1.69. The molecule has 0 radical (unpaired) electrons. The molecule has 4 nitrogen and oxygen atoms in total. The third kappa shape index (κ3) is 5.36. The van der Waals surface area contributed by atoms with E-state index in [0.717, 1.165) is 43.3 Å². The van der Waals surface area contributed by atoms with Crippen molar-refractivity contribution in [1.82, 2.24) is 0 Å². The molecule has 2 heterocycles. The number of nitrogens with zero attached hydrogens (tertiary/aromatic N) is 1. The molecular weight excluding hydrogens is 430 g/mol. The van der Waals surface area contributed by atoms with Crippen molar-refractivity contribution in [2.45, 2.75) is 75.8 Å². The summed E-state index contributed by atoms with van der Waals surface area (Å²) in [6.45, 7) is 6.89. The van der Waals surface area contributed by atoms with Crippen molar-refractivity contribution in [3.63, 3.8) is 0 Å². The first-order valence-corrected chi connectivity index (χ1v) is 13.4. The van der Waals surface area contributed by atoms with Crippen molar-refractivity contribution in [3.8, 4) is 5.75 Å². The van der Waals surface area contributed by atoms with Gasteiger partial charge in [-0.15, -0.1) is 0 Å². The molecule has 0 bridgehead atoms. The maximum absolute atomic E-state index is 10.1. The van der Waals surface area contributed by atoms with Gasteiger partial charge in [0, 0.05) is 29.7 Å². The number of aliphatic hydroxyl groups excluding tert-OH is 1. The molecule has 3 aliphatic rings. The fraction of sp³-hybridized carbons (Fsp3) is 0.571. The Bertz CT molecular complexity index is 952. The van der Waals surface area contributed by atoms with Crippen LogP contribution in [0.4, 0.5) is 5.69 Å². The van der Waals surface area contributed by atoms with E-state index in [1.54, 1.807) is 0 Å². The van der Waals surface area contributed by atoms with Crippen LogP contribution in [0.3, 0.4) is 0 Å². The molecular formula is C28H37NO3S. The van der Waals surface area contributed by atoms with Gasteiger partial charge in [0.25, 0.3) is 0 Å². The fourth-order valence-electron chi connectivity index (χ4n) is 5.12. The van der Waals surface area contributed by atoms with Gasteiger partial charge in [0.15, 0.2) is 0 Å². The zero-order valence-electron chi connectivity index (χ0n) is 20.0. The molecule has 1 saturated heterocycles. The lowest BCUT2D eigenvalue weighted by molar-refractivity contribution is 0.0494. The standard InChI is InChI=1S/C28H37NO3S/c1-19(2)22-5-8-27-23(15-22)6-9-26(21-3-4-21)29(27)33-25-7-10-28(24(16-25)17-30)32-18-20-11-13-31-14-12-20/h5,7-8,10,15-16,19-21,26,30H,3-4,6,9,11-14,17-18H2,1-2H3. The van der Waals surface area contributed by atoms with Crippen molar-refractivity contribution >= 4 is 17.6 Å². The normalized spacial score (nSPS) is 21.3. The number of rotatable bonds is 8. The quantitative estimate of drug-likeness (QED) is 0.459. The summed E-state index contributed by atoms with van der Waals surface area (Å²) in [5.74, 6) is 2.72. The van der Waals surface area contributed by atoms with E-state index in [2.05, 4.69) is 48.5 Å². The fourth-order valence-corrected chi connectivity index (χ4v) is 6.36. The summed E-state index contributed by atoms with van der Waals surface area (Å²) >= 11 is 1.83. The summed E-state index contributed by atoms with van der Waals surface area (Å²) in [6.07, 6.45) is 7.21. The molecule has 5 rings (SSSR count). The highest BCUT2D eigenvalue weighted by molar-refractivity contribution is 8.00. The zero-order valence-corrected chi connectivity index (χ0v) is 20.8. The van der Waals surface area contributed by atoms with Gasteiger partial charge in [0.2, 0.25) is 0 Å². The molecule has 0 spiro atoms. The Morgan fingerprint density at radius 1 is 1.06 bits per heavy atom. The Morgan fingerprint density at radius 3 is 2.61 bits per heavy atom. The van der Waals surface area contributed by atoms with E-state index in [0.29, 0.717) is 24.5 Å². The molecule has 2 aliphatic heterocycles. The highest BCUT2D eigenvalue weighted by Crippen LogP contribution is 2.47. The van der Waals surface area contributed by atoms with Crippen LogP contribution in [0.1, 0.15) is 68.6 Å². The minimum atomic E-state index is -0.00208. The summed E-state index contributed by atoms with van der Waals surface area (Å²) in [5, 5.41) is 10.1. The molecule has 1 atom stereocenters. The number of ether oxygens (including phenoxy) is 2. The van der Waals surface area contributed by atoms with Gasteiger partial charge in [-0.25, -0.2) is 0 Å². The maximum atomic E-state index is 10.1. The molecule has 0 aromatic heterocycles. The van der Waals surface area contributed by atoms with Gasteiger partial charge in [-0.2, -0.15) is 0 Å². The summed E-state index contributed by atoms with van der Waals surface area (Å²) in [4.78, 5) is 1.17. The summed E-state index contributed by atoms with van der Waals surface area (Å²) in [6, 6.07) is 14.0. The van der Waals surface area contributed by atoms with Crippen LogP contribution in [0.5, 0.6) is 5.75 Å². The Balaban J connectivity index is 1.34. The SMILES string of the molecule is CC(C)c1ccc2c(c1)CCC(C1CC1)N2Sc1ccc(OCC2CCOCC2)c(CO)c1. The number of hydrogen-bond acceptors (Lipinski definition) is 5. The van der Waals surface area contributed by atoms with Crippen LogP contribution in [0.15, 0.2) is 41.3 Å². The van der Waals surface area contributed by atoms with Gasteiger partial charge < -0.3 is 18.9 Å². The van der Waals surface area contributed by atoms with Gasteiger partial charge in [0.1, 0.15) is 5.75 Å². The number of fused-ring (bicyclic) bond motifs is 1. The topological polar surface area (TPSA) is 41.9 Å². The highest BCUT2D eigenvalue weighted by atomic mass is 32.2. The van der Waals surface area contributed by atoms with Crippen molar-refractivity contribution in [1.29, 1.82) is 0 Å². The molecule has 1 N–H and O–H groups in total. The van der Waals surface area contributed by atoms with E-state index in [1.165, 1.54) is 47.4 Å². The van der Waals surface area contributed by atoms with Gasteiger partial charge in [-0.1, -0.05) is 26.0 Å². The minimum Gasteiger partial charge on any atom is -0.493 e. The molecule has 2 aromatic carbocycles. The van der Waals surface area contributed by atoms with E-state index in [9.17, 15) is 5.11 Å². The minimum absolute atomic E-state index is 0.00208. The lowest BCUT2D eigenvalue weighted by Crippen LogP contribution is -2.35. The van der Waals surface area contributed by atoms with Crippen LogP contribution in [0, 0.1) is 11.8 Å². The molecule has 1 saturated carbocycles. The van der Waals surface area contributed by atoms with Crippen LogP contribution >= 0.6 is 11.9 Å². The van der Waals surface area contributed by atoms with Crippen LogP contribution in [-0.2, 0) is 17.8 Å². The van der Waals surface area contributed by atoms with Crippen LogP contribution in [0.2, 0.25) is 0 Å². The van der Waals surface area contributed by atoms with Gasteiger partial charge in [-0.05, 0) is 104 Å². The zero-order chi connectivity index (χ0) is 22.8. The third-order valence-corrected chi connectivity index (χ3v) is 8.53. The molecule has 1 aliphatic carbocycles. The number of aryl methyl sites for hydroxylation is 1. The lowest BCUT2D eigenvalue weighted by atomic mass is 9.91. The van der Waals surface area contributed by atoms with Crippen LogP contribution in [0.25, 0.3) is 0 Å². The lowest BCUT2D eigenvalue weighted by Gasteiger charge is -2.38. The van der Waals surface area contributed by atoms with Crippen molar-refractivity contribution in [2.24, 2.45) is 11.8 Å². The Labute approximate surface area is 202 Å². The molecule has 33 heavy (non-hydrogen) atoms. The first kappa shape index (κ1) is 23.1. The number of anilines is 1. The monoisotopic (exact) mass is 467 g/mol. The molecule has 2 aromatic rings. The number of benzene rings is 2. The molecule has 178 valence electrons. The second kappa shape index (κ2) is 10.3. The molecule has 5 heteroatoms. The maximum Gasteiger partial charge on any atom is 0.124 e. The Morgan fingerprint density at radius 2 is 1.88 bits per heavy atom. The number of hydrogen-bond donors (Lipinski definition) is 1. The average Bonchev–Trinajstić information content (AvgIpc) is 3.69. The second-order valence-corrected chi connectivity index (χ2v) is 11.2. The molecule has 0 amide bonds.